The van der Waals surface area contributed by atoms with Crippen molar-refractivity contribution < 1.29 is 39.8 Å². The molecule has 0 aliphatic carbocycles. The molecule has 0 aliphatic rings. The molecule has 5 N–H and O–H groups in total. The van der Waals surface area contributed by atoms with Gasteiger partial charge in [0.05, 0.1) is 18.8 Å². The SMILES string of the molecule is CCCOc1ccc(C(=O)OC[C@@H](O)[C@@H](O)[C@H](O)[C@@H](O)CO)cc1. The number of carbonyl (C=O) groups is 1. The van der Waals surface area contributed by atoms with Crippen LogP contribution in [0.3, 0.4) is 0 Å². The molecule has 0 aliphatic heterocycles. The molecule has 0 saturated carbocycles. The molecule has 0 unspecified atom stereocenters. The van der Waals surface area contributed by atoms with Gasteiger partial charge in [-0.1, -0.05) is 6.92 Å². The van der Waals surface area contributed by atoms with E-state index in [1.54, 1.807) is 12.1 Å². The van der Waals surface area contributed by atoms with Gasteiger partial charge in [0.1, 0.15) is 36.8 Å². The average Bonchev–Trinajstić information content (AvgIpc) is 2.62. The minimum absolute atomic E-state index is 0.233. The lowest BCUT2D eigenvalue weighted by molar-refractivity contribution is -0.124. The van der Waals surface area contributed by atoms with E-state index in [0.717, 1.165) is 6.42 Å². The molecule has 8 nitrogen and oxygen atoms in total. The van der Waals surface area contributed by atoms with Crippen LogP contribution in [-0.2, 0) is 4.74 Å². The molecule has 0 fully saturated rings. The summed E-state index contributed by atoms with van der Waals surface area (Å²) in [5.74, 6) is -0.106. The average molecular weight is 344 g/mol. The van der Waals surface area contributed by atoms with Crippen LogP contribution in [0.4, 0.5) is 0 Å². The lowest BCUT2D eigenvalue weighted by atomic mass is 10.0. The Bertz CT molecular complexity index is 489. The molecule has 8 heteroatoms. The number of hydrogen-bond donors (Lipinski definition) is 5. The van der Waals surface area contributed by atoms with E-state index in [-0.39, 0.29) is 5.56 Å². The van der Waals surface area contributed by atoms with Gasteiger partial charge in [-0.15, -0.1) is 0 Å². The minimum atomic E-state index is -1.77. The monoisotopic (exact) mass is 344 g/mol. The number of hydrogen-bond acceptors (Lipinski definition) is 8. The van der Waals surface area contributed by atoms with E-state index < -0.39 is 43.6 Å². The van der Waals surface area contributed by atoms with Crippen LogP contribution < -0.4 is 4.74 Å². The van der Waals surface area contributed by atoms with Crippen LogP contribution in [0.2, 0.25) is 0 Å². The normalized spacial score (nSPS) is 16.1. The molecular formula is C16H24O8. The lowest BCUT2D eigenvalue weighted by Gasteiger charge is -2.25. The second-order valence-electron chi connectivity index (χ2n) is 5.27. The highest BCUT2D eigenvalue weighted by Gasteiger charge is 2.30. The third kappa shape index (κ3) is 6.06. The van der Waals surface area contributed by atoms with Gasteiger partial charge in [0.25, 0.3) is 0 Å². The number of aliphatic hydroxyl groups is 5. The van der Waals surface area contributed by atoms with Crippen molar-refractivity contribution >= 4 is 5.97 Å². The molecule has 1 aromatic carbocycles. The molecular weight excluding hydrogens is 320 g/mol. The number of ether oxygens (including phenoxy) is 2. The van der Waals surface area contributed by atoms with Crippen LogP contribution in [0.1, 0.15) is 23.7 Å². The van der Waals surface area contributed by atoms with Gasteiger partial charge in [0, 0.05) is 0 Å². The molecule has 0 heterocycles. The highest BCUT2D eigenvalue weighted by Crippen LogP contribution is 2.14. The highest BCUT2D eigenvalue weighted by molar-refractivity contribution is 5.89. The molecule has 24 heavy (non-hydrogen) atoms. The van der Waals surface area contributed by atoms with E-state index in [4.69, 9.17) is 14.6 Å². The quantitative estimate of drug-likeness (QED) is 0.343. The maximum atomic E-state index is 11.8. The number of esters is 1. The van der Waals surface area contributed by atoms with Gasteiger partial charge in [-0.3, -0.25) is 0 Å². The molecule has 0 radical (unpaired) electrons. The number of benzene rings is 1. The van der Waals surface area contributed by atoms with Crippen molar-refractivity contribution in [1.82, 2.24) is 0 Å². The fourth-order valence-electron chi connectivity index (χ4n) is 1.81. The first-order valence-corrected chi connectivity index (χ1v) is 7.63. The van der Waals surface area contributed by atoms with Gasteiger partial charge in [-0.05, 0) is 30.7 Å². The Morgan fingerprint density at radius 3 is 2.17 bits per heavy atom. The van der Waals surface area contributed by atoms with Crippen molar-refractivity contribution in [2.24, 2.45) is 0 Å². The Labute approximate surface area is 139 Å². The van der Waals surface area contributed by atoms with Gasteiger partial charge < -0.3 is 35.0 Å². The van der Waals surface area contributed by atoms with E-state index >= 15 is 0 Å². The summed E-state index contributed by atoms with van der Waals surface area (Å²) >= 11 is 0. The van der Waals surface area contributed by atoms with Gasteiger partial charge in [-0.2, -0.15) is 0 Å². The molecule has 0 spiro atoms. The summed E-state index contributed by atoms with van der Waals surface area (Å²) in [6.45, 7) is 1.18. The summed E-state index contributed by atoms with van der Waals surface area (Å²) < 4.78 is 10.2. The summed E-state index contributed by atoms with van der Waals surface area (Å²) in [6, 6.07) is 6.22. The fraction of sp³-hybridized carbons (Fsp3) is 0.562. The van der Waals surface area contributed by atoms with Crippen LogP contribution in [0.25, 0.3) is 0 Å². The molecule has 0 saturated heterocycles. The van der Waals surface area contributed by atoms with Gasteiger partial charge in [0.2, 0.25) is 0 Å². The molecule has 1 aromatic rings. The van der Waals surface area contributed by atoms with Crippen molar-refractivity contribution in [1.29, 1.82) is 0 Å². The van der Waals surface area contributed by atoms with E-state index in [1.165, 1.54) is 12.1 Å². The third-order valence-corrected chi connectivity index (χ3v) is 3.27. The van der Waals surface area contributed by atoms with E-state index in [9.17, 15) is 25.2 Å². The smallest absolute Gasteiger partial charge is 0.338 e. The Hall–Kier alpha value is -1.71. The maximum absolute atomic E-state index is 11.8. The predicted molar refractivity (Wildman–Crippen MR) is 83.6 cm³/mol. The van der Waals surface area contributed by atoms with Crippen molar-refractivity contribution in [3.05, 3.63) is 29.8 Å². The van der Waals surface area contributed by atoms with Crippen molar-refractivity contribution in [3.8, 4) is 5.75 Å². The Morgan fingerprint density at radius 1 is 1.04 bits per heavy atom. The molecule has 1 rings (SSSR count). The summed E-state index contributed by atoms with van der Waals surface area (Å²) in [4.78, 5) is 11.8. The number of carbonyl (C=O) groups excluding carboxylic acids is 1. The summed E-state index contributed by atoms with van der Waals surface area (Å²) in [5, 5.41) is 46.6. The topological polar surface area (TPSA) is 137 Å². The van der Waals surface area contributed by atoms with E-state index in [0.29, 0.717) is 12.4 Å². The van der Waals surface area contributed by atoms with Crippen LogP contribution in [-0.4, -0.2) is 75.7 Å². The first-order chi connectivity index (χ1) is 11.4. The maximum Gasteiger partial charge on any atom is 0.338 e. The van der Waals surface area contributed by atoms with Gasteiger partial charge >= 0.3 is 5.97 Å². The standard InChI is InChI=1S/C16H24O8/c1-2-7-23-11-5-3-10(4-6-11)16(22)24-9-13(19)15(21)14(20)12(18)8-17/h3-6,12-15,17-21H,2,7-9H2,1H3/t12-,13+,14+,15+/m0/s1. The van der Waals surface area contributed by atoms with Crippen LogP contribution in [0, 0.1) is 0 Å². The molecule has 0 bridgehead atoms. The zero-order valence-electron chi connectivity index (χ0n) is 13.4. The molecule has 0 aromatic heterocycles. The summed E-state index contributed by atoms with van der Waals surface area (Å²) in [6.07, 6.45) is -5.90. The number of aliphatic hydroxyl groups excluding tert-OH is 5. The molecule has 136 valence electrons. The first-order valence-electron chi connectivity index (χ1n) is 7.63. The van der Waals surface area contributed by atoms with E-state index in [1.807, 2.05) is 6.92 Å². The van der Waals surface area contributed by atoms with E-state index in [2.05, 4.69) is 0 Å². The van der Waals surface area contributed by atoms with Gasteiger partial charge in [-0.25, -0.2) is 4.79 Å². The zero-order valence-corrected chi connectivity index (χ0v) is 13.4. The lowest BCUT2D eigenvalue weighted by Crippen LogP contribution is -2.47. The highest BCUT2D eigenvalue weighted by atomic mass is 16.5. The first kappa shape index (κ1) is 20.3. The fourth-order valence-corrected chi connectivity index (χ4v) is 1.81. The minimum Gasteiger partial charge on any atom is -0.494 e. The Balaban J connectivity index is 2.50. The molecule has 0 amide bonds. The largest absolute Gasteiger partial charge is 0.494 e. The second kappa shape index (κ2) is 10.2. The van der Waals surface area contributed by atoms with Crippen LogP contribution >= 0.6 is 0 Å². The van der Waals surface area contributed by atoms with Crippen LogP contribution in [0.15, 0.2) is 24.3 Å². The second-order valence-corrected chi connectivity index (χ2v) is 5.27. The van der Waals surface area contributed by atoms with Crippen molar-refractivity contribution in [2.45, 2.75) is 37.8 Å². The summed E-state index contributed by atoms with van der Waals surface area (Å²) in [5.41, 5.74) is 0.233. The zero-order chi connectivity index (χ0) is 18.1. The predicted octanol–water partition coefficient (Wildman–Crippen LogP) is -0.932. The Morgan fingerprint density at radius 2 is 1.62 bits per heavy atom. The Kier molecular flexibility index (Phi) is 8.66. The van der Waals surface area contributed by atoms with Crippen molar-refractivity contribution in [2.75, 3.05) is 19.8 Å². The number of rotatable bonds is 10. The van der Waals surface area contributed by atoms with Crippen LogP contribution in [0.5, 0.6) is 5.75 Å². The third-order valence-electron chi connectivity index (χ3n) is 3.27. The van der Waals surface area contributed by atoms with Crippen molar-refractivity contribution in [3.63, 3.8) is 0 Å². The summed E-state index contributed by atoms with van der Waals surface area (Å²) in [7, 11) is 0. The molecule has 4 atom stereocenters. The van der Waals surface area contributed by atoms with Gasteiger partial charge in [0.15, 0.2) is 0 Å².